The maximum absolute atomic E-state index is 14.0. The van der Waals surface area contributed by atoms with Crippen molar-refractivity contribution in [3.63, 3.8) is 0 Å². The van der Waals surface area contributed by atoms with Crippen molar-refractivity contribution in [1.82, 2.24) is 4.31 Å². The average molecular weight is 490 g/mol. The van der Waals surface area contributed by atoms with E-state index in [1.807, 2.05) is 48.5 Å². The Balaban J connectivity index is 1.93. The molecule has 1 unspecified atom stereocenters. The predicted molar refractivity (Wildman–Crippen MR) is 132 cm³/mol. The molecule has 1 saturated heterocycles. The van der Waals surface area contributed by atoms with Crippen LogP contribution in [0.25, 0.3) is 0 Å². The molecule has 1 heterocycles. The molecule has 1 aliphatic heterocycles. The SMILES string of the molecule is C=CC[C@H](O)[C@H](CC1CCCO1)S(=O)(=O)N(Cc1ccc(OC)cc1)Cc1ccc(OC)cc1. The predicted octanol–water partition coefficient (Wildman–Crippen LogP) is 3.91. The Kier molecular flexibility index (Phi) is 9.53. The van der Waals surface area contributed by atoms with Crippen LogP contribution in [0.15, 0.2) is 61.2 Å². The molecule has 0 aromatic heterocycles. The van der Waals surface area contributed by atoms with Gasteiger partial charge >= 0.3 is 0 Å². The molecule has 8 heteroatoms. The van der Waals surface area contributed by atoms with Gasteiger partial charge in [0.1, 0.15) is 16.7 Å². The van der Waals surface area contributed by atoms with E-state index in [0.29, 0.717) is 18.1 Å². The minimum absolute atomic E-state index is 0.168. The third-order valence-electron chi connectivity index (χ3n) is 6.13. The van der Waals surface area contributed by atoms with Crippen LogP contribution in [0, 0.1) is 0 Å². The minimum atomic E-state index is -3.91. The normalized spacial score (nSPS) is 17.9. The number of sulfonamides is 1. The molecule has 1 N–H and O–H groups in total. The molecular weight excluding hydrogens is 454 g/mol. The van der Waals surface area contributed by atoms with Crippen LogP contribution in [0.4, 0.5) is 0 Å². The molecule has 0 saturated carbocycles. The molecule has 2 aromatic carbocycles. The summed E-state index contributed by atoms with van der Waals surface area (Å²) in [6.07, 6.45) is 2.44. The van der Waals surface area contributed by atoms with E-state index in [-0.39, 0.29) is 32.0 Å². The van der Waals surface area contributed by atoms with E-state index in [1.165, 1.54) is 4.31 Å². The van der Waals surface area contributed by atoms with E-state index in [1.54, 1.807) is 20.3 Å². The summed E-state index contributed by atoms with van der Waals surface area (Å²) in [6.45, 7) is 4.64. The maximum Gasteiger partial charge on any atom is 0.220 e. The summed E-state index contributed by atoms with van der Waals surface area (Å²) in [5, 5.41) is 9.86. The quantitative estimate of drug-likeness (QED) is 0.430. The van der Waals surface area contributed by atoms with Crippen molar-refractivity contribution in [2.45, 2.75) is 56.2 Å². The van der Waals surface area contributed by atoms with Gasteiger partial charge < -0.3 is 19.3 Å². The number of nitrogens with zero attached hydrogens (tertiary/aromatic N) is 1. The summed E-state index contributed by atoms with van der Waals surface area (Å²) >= 11 is 0. The van der Waals surface area contributed by atoms with E-state index in [2.05, 4.69) is 6.58 Å². The second-order valence-corrected chi connectivity index (χ2v) is 10.7. The number of benzene rings is 2. The fourth-order valence-electron chi connectivity index (χ4n) is 4.19. The molecular formula is C26H35NO6S. The summed E-state index contributed by atoms with van der Waals surface area (Å²) in [6, 6.07) is 14.6. The summed E-state index contributed by atoms with van der Waals surface area (Å²) in [5.41, 5.74) is 1.65. The highest BCUT2D eigenvalue weighted by atomic mass is 32.2. The highest BCUT2D eigenvalue weighted by Gasteiger charge is 2.39. The van der Waals surface area contributed by atoms with Crippen LogP contribution < -0.4 is 9.47 Å². The zero-order valence-corrected chi connectivity index (χ0v) is 20.7. The Bertz CT molecular complexity index is 951. The lowest BCUT2D eigenvalue weighted by atomic mass is 10.1. The van der Waals surface area contributed by atoms with Crippen LogP contribution in [-0.4, -0.2) is 56.1 Å². The van der Waals surface area contributed by atoms with Crippen LogP contribution >= 0.6 is 0 Å². The van der Waals surface area contributed by atoms with Crippen molar-refractivity contribution in [3.05, 3.63) is 72.3 Å². The number of rotatable bonds is 13. The van der Waals surface area contributed by atoms with E-state index < -0.39 is 21.4 Å². The summed E-state index contributed by atoms with van der Waals surface area (Å²) in [7, 11) is -0.728. The first-order valence-corrected chi connectivity index (χ1v) is 13.0. The lowest BCUT2D eigenvalue weighted by Gasteiger charge is -2.31. The second-order valence-electron chi connectivity index (χ2n) is 8.51. The summed E-state index contributed by atoms with van der Waals surface area (Å²) in [4.78, 5) is 0. The average Bonchev–Trinajstić information content (AvgIpc) is 3.36. The number of methoxy groups -OCH3 is 2. The Labute approximate surface area is 203 Å². The van der Waals surface area contributed by atoms with Crippen LogP contribution in [0.1, 0.15) is 36.8 Å². The first-order valence-electron chi connectivity index (χ1n) is 11.5. The van der Waals surface area contributed by atoms with Gasteiger partial charge in [-0.3, -0.25) is 0 Å². The number of aliphatic hydroxyl groups excluding tert-OH is 1. The standard InChI is InChI=1S/C26H35NO6S/c1-4-6-25(28)26(17-24-7-5-16-33-24)34(29,30)27(18-20-8-12-22(31-2)13-9-20)19-21-10-14-23(32-3)15-11-21/h4,8-15,24-26,28H,1,5-7,16-19H2,2-3H3/t24?,25-,26-/m0/s1. The molecule has 3 rings (SSSR count). The van der Waals surface area contributed by atoms with Crippen molar-refractivity contribution < 1.29 is 27.7 Å². The second kappa shape index (κ2) is 12.4. The van der Waals surface area contributed by atoms with Crippen molar-refractivity contribution in [2.24, 2.45) is 0 Å². The van der Waals surface area contributed by atoms with Gasteiger partial charge in [0, 0.05) is 19.7 Å². The molecule has 34 heavy (non-hydrogen) atoms. The van der Waals surface area contributed by atoms with Crippen molar-refractivity contribution >= 4 is 10.0 Å². The molecule has 0 spiro atoms. The summed E-state index contributed by atoms with van der Waals surface area (Å²) < 4.78 is 45.7. The van der Waals surface area contributed by atoms with Crippen LogP contribution in [-0.2, 0) is 27.8 Å². The maximum atomic E-state index is 14.0. The molecule has 0 aliphatic carbocycles. The monoisotopic (exact) mass is 489 g/mol. The largest absolute Gasteiger partial charge is 0.497 e. The van der Waals surface area contributed by atoms with Gasteiger partial charge in [0.05, 0.1) is 26.4 Å². The molecule has 1 aliphatic rings. The first-order chi connectivity index (χ1) is 16.4. The number of ether oxygens (including phenoxy) is 3. The van der Waals surface area contributed by atoms with E-state index in [9.17, 15) is 13.5 Å². The van der Waals surface area contributed by atoms with Gasteiger partial charge in [-0.2, -0.15) is 4.31 Å². The molecule has 0 bridgehead atoms. The topological polar surface area (TPSA) is 85.3 Å². The van der Waals surface area contributed by atoms with Gasteiger partial charge in [0.25, 0.3) is 0 Å². The van der Waals surface area contributed by atoms with Crippen LogP contribution in [0.3, 0.4) is 0 Å². The van der Waals surface area contributed by atoms with Crippen molar-refractivity contribution in [1.29, 1.82) is 0 Å². The lowest BCUT2D eigenvalue weighted by molar-refractivity contribution is 0.0824. The number of hydrogen-bond acceptors (Lipinski definition) is 6. The van der Waals surface area contributed by atoms with E-state index in [4.69, 9.17) is 14.2 Å². The molecule has 2 aromatic rings. The zero-order valence-electron chi connectivity index (χ0n) is 19.9. The Morgan fingerprint density at radius 1 is 1.06 bits per heavy atom. The fraction of sp³-hybridized carbons (Fsp3) is 0.462. The lowest BCUT2D eigenvalue weighted by Crippen LogP contribution is -2.45. The molecule has 186 valence electrons. The fourth-order valence-corrected chi connectivity index (χ4v) is 6.19. The molecule has 1 fully saturated rings. The molecule has 0 radical (unpaired) electrons. The highest BCUT2D eigenvalue weighted by molar-refractivity contribution is 7.89. The third kappa shape index (κ3) is 6.82. The van der Waals surface area contributed by atoms with Gasteiger partial charge in [-0.05, 0) is 61.1 Å². The first kappa shape index (κ1) is 26.2. The van der Waals surface area contributed by atoms with E-state index >= 15 is 0 Å². The number of aliphatic hydroxyl groups is 1. The van der Waals surface area contributed by atoms with Gasteiger partial charge in [-0.25, -0.2) is 8.42 Å². The Hall–Kier alpha value is -2.39. The van der Waals surface area contributed by atoms with Crippen molar-refractivity contribution in [2.75, 3.05) is 20.8 Å². The van der Waals surface area contributed by atoms with Crippen molar-refractivity contribution in [3.8, 4) is 11.5 Å². The summed E-state index contributed by atoms with van der Waals surface area (Å²) in [5.74, 6) is 1.40. The van der Waals surface area contributed by atoms with Gasteiger partial charge in [0.2, 0.25) is 10.0 Å². The number of hydrogen-bond donors (Lipinski definition) is 1. The van der Waals surface area contributed by atoms with Gasteiger partial charge in [0.15, 0.2) is 0 Å². The minimum Gasteiger partial charge on any atom is -0.497 e. The third-order valence-corrected chi connectivity index (χ3v) is 8.38. The van der Waals surface area contributed by atoms with Gasteiger partial charge in [-0.1, -0.05) is 30.3 Å². The smallest absolute Gasteiger partial charge is 0.220 e. The Morgan fingerprint density at radius 3 is 2.00 bits per heavy atom. The molecule has 3 atom stereocenters. The highest BCUT2D eigenvalue weighted by Crippen LogP contribution is 2.28. The zero-order chi connectivity index (χ0) is 24.6. The van der Waals surface area contributed by atoms with Gasteiger partial charge in [-0.15, -0.1) is 6.58 Å². The van der Waals surface area contributed by atoms with E-state index in [0.717, 1.165) is 24.0 Å². The molecule has 7 nitrogen and oxygen atoms in total. The van der Waals surface area contributed by atoms with Crippen LogP contribution in [0.5, 0.6) is 11.5 Å². The van der Waals surface area contributed by atoms with Crippen LogP contribution in [0.2, 0.25) is 0 Å². The molecule has 0 amide bonds. The Morgan fingerprint density at radius 2 is 1.59 bits per heavy atom.